The van der Waals surface area contributed by atoms with E-state index < -0.39 is 35.6 Å². The SMILES string of the molecule is CCCCC(F)(F)[C@@]1(O)CC[C@@H]2[C@@H](CCCCCCC(=O)O)C(=O)C[C@H]2C1=O. The predicted octanol–water partition coefficient (Wildman–Crippen LogP) is 4.15. The first-order valence-electron chi connectivity index (χ1n) is 10.5. The molecule has 2 aliphatic carbocycles. The fourth-order valence-electron chi connectivity index (χ4n) is 4.87. The van der Waals surface area contributed by atoms with Crippen molar-refractivity contribution in [3.8, 4) is 0 Å². The van der Waals surface area contributed by atoms with Gasteiger partial charge in [-0.25, -0.2) is 8.78 Å². The first kappa shape index (κ1) is 22.9. The molecule has 0 aliphatic heterocycles. The molecule has 0 radical (unpaired) electrons. The van der Waals surface area contributed by atoms with Crippen LogP contribution in [0, 0.1) is 17.8 Å². The van der Waals surface area contributed by atoms with Gasteiger partial charge < -0.3 is 10.2 Å². The number of aliphatic hydroxyl groups is 1. The van der Waals surface area contributed by atoms with Crippen LogP contribution < -0.4 is 0 Å². The minimum atomic E-state index is -3.46. The summed E-state index contributed by atoms with van der Waals surface area (Å²) in [6, 6.07) is 0. The zero-order chi connectivity index (χ0) is 20.9. The molecule has 160 valence electrons. The molecule has 0 aromatic rings. The van der Waals surface area contributed by atoms with Crippen LogP contribution in [0.25, 0.3) is 0 Å². The number of alkyl halides is 2. The van der Waals surface area contributed by atoms with Crippen molar-refractivity contribution in [2.45, 2.75) is 95.5 Å². The van der Waals surface area contributed by atoms with Crippen molar-refractivity contribution in [2.75, 3.05) is 0 Å². The van der Waals surface area contributed by atoms with Crippen LogP contribution in [-0.4, -0.2) is 39.3 Å². The number of fused-ring (bicyclic) bond motifs is 1. The molecule has 4 atom stereocenters. The van der Waals surface area contributed by atoms with Crippen molar-refractivity contribution < 1.29 is 33.4 Å². The lowest BCUT2D eigenvalue weighted by atomic mass is 9.66. The number of halogens is 2. The van der Waals surface area contributed by atoms with Gasteiger partial charge in [-0.3, -0.25) is 14.4 Å². The molecule has 0 spiro atoms. The van der Waals surface area contributed by atoms with Gasteiger partial charge in [-0.1, -0.05) is 32.6 Å². The molecule has 5 nitrogen and oxygen atoms in total. The minimum absolute atomic E-state index is 0.0423. The summed E-state index contributed by atoms with van der Waals surface area (Å²) in [5, 5.41) is 19.2. The van der Waals surface area contributed by atoms with Crippen molar-refractivity contribution in [2.24, 2.45) is 17.8 Å². The van der Waals surface area contributed by atoms with Crippen LogP contribution in [0.4, 0.5) is 8.78 Å². The van der Waals surface area contributed by atoms with Crippen LogP contribution in [0.5, 0.6) is 0 Å². The van der Waals surface area contributed by atoms with Crippen molar-refractivity contribution in [3.63, 3.8) is 0 Å². The molecule has 7 heteroatoms. The zero-order valence-electron chi connectivity index (χ0n) is 16.6. The summed E-state index contributed by atoms with van der Waals surface area (Å²) < 4.78 is 29.1. The molecule has 0 bridgehead atoms. The first-order chi connectivity index (χ1) is 13.1. The van der Waals surface area contributed by atoms with Crippen LogP contribution in [0.2, 0.25) is 0 Å². The van der Waals surface area contributed by atoms with E-state index in [1.54, 1.807) is 6.92 Å². The molecule has 0 unspecified atom stereocenters. The third-order valence-electron chi connectivity index (χ3n) is 6.56. The number of carboxylic acid groups (broad SMARTS) is 1. The molecule has 0 aromatic carbocycles. The Morgan fingerprint density at radius 2 is 1.86 bits per heavy atom. The van der Waals surface area contributed by atoms with Crippen LogP contribution in [0.15, 0.2) is 0 Å². The summed E-state index contributed by atoms with van der Waals surface area (Å²) in [4.78, 5) is 35.7. The Bertz CT molecular complexity index is 591. The zero-order valence-corrected chi connectivity index (χ0v) is 16.6. The largest absolute Gasteiger partial charge is 0.481 e. The summed E-state index contributed by atoms with van der Waals surface area (Å²) in [7, 11) is 0. The predicted molar refractivity (Wildman–Crippen MR) is 99.1 cm³/mol. The second-order valence-electron chi connectivity index (χ2n) is 8.47. The average Bonchev–Trinajstić information content (AvgIpc) is 2.95. The van der Waals surface area contributed by atoms with Crippen LogP contribution in [-0.2, 0) is 14.4 Å². The molecule has 2 N–H and O–H groups in total. The number of hydrogen-bond acceptors (Lipinski definition) is 4. The Balaban J connectivity index is 1.94. The number of rotatable bonds is 11. The molecule has 2 fully saturated rings. The molecule has 2 saturated carbocycles. The topological polar surface area (TPSA) is 91.7 Å². The second-order valence-corrected chi connectivity index (χ2v) is 8.47. The van der Waals surface area contributed by atoms with E-state index >= 15 is 0 Å². The Kier molecular flexibility index (Phi) is 7.71. The standard InChI is InChI=1S/C21H32F2O5/c1-2-3-11-21(22,23)20(28)12-10-14-15(17(24)13-16(14)19(20)27)8-6-4-5-7-9-18(25)26/h14-16,28H,2-13H2,1H3,(H,25,26)/t14-,15-,16-,20-/m1/s1. The van der Waals surface area contributed by atoms with Gasteiger partial charge >= 0.3 is 5.97 Å². The van der Waals surface area contributed by atoms with Gasteiger partial charge in [0, 0.05) is 31.1 Å². The van der Waals surface area contributed by atoms with Gasteiger partial charge in [0.05, 0.1) is 0 Å². The summed E-state index contributed by atoms with van der Waals surface area (Å²) in [5.41, 5.74) is -2.64. The summed E-state index contributed by atoms with van der Waals surface area (Å²) in [5.74, 6) is -6.54. The number of Topliss-reactive ketones (excluding diaryl/α,β-unsaturated/α-hetero) is 2. The Labute approximate surface area is 164 Å². The van der Waals surface area contributed by atoms with E-state index in [0.29, 0.717) is 19.3 Å². The highest BCUT2D eigenvalue weighted by molar-refractivity contribution is 5.98. The highest BCUT2D eigenvalue weighted by Crippen LogP contribution is 2.51. The lowest BCUT2D eigenvalue weighted by Crippen LogP contribution is -2.59. The van der Waals surface area contributed by atoms with E-state index in [4.69, 9.17) is 5.11 Å². The van der Waals surface area contributed by atoms with Crippen LogP contribution in [0.1, 0.15) is 84.0 Å². The number of ketones is 2. The smallest absolute Gasteiger partial charge is 0.303 e. The molecule has 0 saturated heterocycles. The first-order valence-corrected chi connectivity index (χ1v) is 10.5. The lowest BCUT2D eigenvalue weighted by molar-refractivity contribution is -0.206. The van der Waals surface area contributed by atoms with E-state index in [9.17, 15) is 28.3 Å². The van der Waals surface area contributed by atoms with Crippen LogP contribution in [0.3, 0.4) is 0 Å². The fraction of sp³-hybridized carbons (Fsp3) is 0.857. The van der Waals surface area contributed by atoms with Crippen molar-refractivity contribution >= 4 is 17.5 Å². The minimum Gasteiger partial charge on any atom is -0.481 e. The van der Waals surface area contributed by atoms with E-state index in [2.05, 4.69) is 0 Å². The molecule has 28 heavy (non-hydrogen) atoms. The van der Waals surface area contributed by atoms with Gasteiger partial charge in [0.1, 0.15) is 5.78 Å². The molecular formula is C21H32F2O5. The van der Waals surface area contributed by atoms with Gasteiger partial charge in [0.2, 0.25) is 0 Å². The van der Waals surface area contributed by atoms with E-state index in [0.717, 1.165) is 19.3 Å². The molecular weight excluding hydrogens is 370 g/mol. The normalized spacial score (nSPS) is 30.5. The number of carbonyl (C=O) groups excluding carboxylic acids is 2. The molecule has 0 heterocycles. The van der Waals surface area contributed by atoms with Crippen molar-refractivity contribution in [1.82, 2.24) is 0 Å². The summed E-state index contributed by atoms with van der Waals surface area (Å²) >= 11 is 0. The number of aliphatic carboxylic acids is 1. The second kappa shape index (κ2) is 9.42. The molecule has 0 aromatic heterocycles. The highest BCUT2D eigenvalue weighted by Gasteiger charge is 2.63. The Morgan fingerprint density at radius 1 is 1.18 bits per heavy atom. The summed E-state index contributed by atoms with van der Waals surface area (Å²) in [6.45, 7) is 1.78. The molecule has 0 amide bonds. The average molecular weight is 402 g/mol. The number of unbranched alkanes of at least 4 members (excludes halogenated alkanes) is 4. The third kappa shape index (κ3) is 4.78. The molecule has 2 rings (SSSR count). The van der Waals surface area contributed by atoms with E-state index in [1.807, 2.05) is 0 Å². The third-order valence-corrected chi connectivity index (χ3v) is 6.56. The Hall–Kier alpha value is -1.37. The van der Waals surface area contributed by atoms with Crippen molar-refractivity contribution in [3.05, 3.63) is 0 Å². The van der Waals surface area contributed by atoms with Crippen molar-refractivity contribution in [1.29, 1.82) is 0 Å². The van der Waals surface area contributed by atoms with E-state index in [-0.39, 0.29) is 49.7 Å². The van der Waals surface area contributed by atoms with E-state index in [1.165, 1.54) is 0 Å². The lowest BCUT2D eigenvalue weighted by Gasteiger charge is -2.42. The fourth-order valence-corrected chi connectivity index (χ4v) is 4.87. The number of hydrogen-bond donors (Lipinski definition) is 2. The van der Waals surface area contributed by atoms with Gasteiger partial charge in [-0.2, -0.15) is 0 Å². The Morgan fingerprint density at radius 3 is 2.50 bits per heavy atom. The maximum Gasteiger partial charge on any atom is 0.303 e. The van der Waals surface area contributed by atoms with Crippen LogP contribution >= 0.6 is 0 Å². The molecule has 2 aliphatic rings. The van der Waals surface area contributed by atoms with Gasteiger partial charge in [-0.15, -0.1) is 0 Å². The monoisotopic (exact) mass is 402 g/mol. The van der Waals surface area contributed by atoms with Gasteiger partial charge in [0.25, 0.3) is 5.92 Å². The van der Waals surface area contributed by atoms with Gasteiger partial charge in [0.15, 0.2) is 11.4 Å². The number of carbonyl (C=O) groups is 3. The van der Waals surface area contributed by atoms with Gasteiger partial charge in [-0.05, 0) is 38.0 Å². The highest BCUT2D eigenvalue weighted by atomic mass is 19.3. The maximum absolute atomic E-state index is 14.6. The number of carboxylic acids is 1. The quantitative estimate of drug-likeness (QED) is 0.507. The maximum atomic E-state index is 14.6. The summed E-state index contributed by atoms with van der Waals surface area (Å²) in [6.07, 6.45) is 3.87.